The van der Waals surface area contributed by atoms with Crippen molar-refractivity contribution in [2.75, 3.05) is 5.32 Å². The summed E-state index contributed by atoms with van der Waals surface area (Å²) < 4.78 is 13.1. The second-order valence-electron chi connectivity index (χ2n) is 4.73. The highest BCUT2D eigenvalue weighted by atomic mass is 35.5. The van der Waals surface area contributed by atoms with E-state index in [4.69, 9.17) is 11.6 Å². The molecule has 0 aliphatic carbocycles. The zero-order valence-electron chi connectivity index (χ0n) is 10.1. The fourth-order valence-corrected chi connectivity index (χ4v) is 2.64. The molecular weight excluding hydrogens is 265 g/mol. The lowest BCUT2D eigenvalue weighted by Gasteiger charge is -2.19. The molecule has 98 valence electrons. The minimum Gasteiger partial charge on any atom is -0.386 e. The van der Waals surface area contributed by atoms with Gasteiger partial charge in [0.15, 0.2) is 0 Å². The molecule has 3 rings (SSSR count). The monoisotopic (exact) mass is 277 g/mol. The van der Waals surface area contributed by atoms with Gasteiger partial charge in [-0.15, -0.1) is 0 Å². The summed E-state index contributed by atoms with van der Waals surface area (Å²) in [5.74, 6) is -0.472. The summed E-state index contributed by atoms with van der Waals surface area (Å²) in [6, 6.07) is 12.2. The van der Waals surface area contributed by atoms with Crippen LogP contribution in [0.15, 0.2) is 42.5 Å². The first-order valence-corrected chi connectivity index (χ1v) is 6.50. The summed E-state index contributed by atoms with van der Waals surface area (Å²) in [6.07, 6.45) is 0.0253. The molecule has 0 aromatic heterocycles. The van der Waals surface area contributed by atoms with Crippen molar-refractivity contribution in [3.05, 3.63) is 64.4 Å². The third-order valence-electron chi connectivity index (χ3n) is 3.46. The molecule has 0 fully saturated rings. The van der Waals surface area contributed by atoms with E-state index in [1.807, 2.05) is 24.3 Å². The van der Waals surface area contributed by atoms with E-state index in [-0.39, 0.29) is 11.1 Å². The summed E-state index contributed by atoms with van der Waals surface area (Å²) in [6.45, 7) is 0. The zero-order chi connectivity index (χ0) is 13.4. The first-order chi connectivity index (χ1) is 9.15. The number of nitrogens with one attached hydrogen (secondary N) is 1. The quantitative estimate of drug-likeness (QED) is 0.880. The van der Waals surface area contributed by atoms with Gasteiger partial charge in [0.2, 0.25) is 0 Å². The summed E-state index contributed by atoms with van der Waals surface area (Å²) >= 11 is 5.75. The molecule has 0 spiro atoms. The highest BCUT2D eigenvalue weighted by Crippen LogP contribution is 2.32. The molecule has 2 atom stereocenters. The van der Waals surface area contributed by atoms with Crippen molar-refractivity contribution in [3.63, 3.8) is 0 Å². The molecule has 2 aromatic carbocycles. The highest BCUT2D eigenvalue weighted by molar-refractivity contribution is 6.30. The van der Waals surface area contributed by atoms with Crippen LogP contribution in [0.4, 0.5) is 10.1 Å². The summed E-state index contributed by atoms with van der Waals surface area (Å²) in [5.41, 5.74) is 2.84. The summed E-state index contributed by atoms with van der Waals surface area (Å²) in [4.78, 5) is 0. The Morgan fingerprint density at radius 3 is 2.79 bits per heavy atom. The van der Waals surface area contributed by atoms with Crippen molar-refractivity contribution < 1.29 is 9.50 Å². The largest absolute Gasteiger partial charge is 0.386 e. The van der Waals surface area contributed by atoms with Gasteiger partial charge in [-0.2, -0.15) is 0 Å². The number of para-hydroxylation sites is 1. The van der Waals surface area contributed by atoms with Gasteiger partial charge in [-0.1, -0.05) is 35.9 Å². The molecule has 1 aliphatic heterocycles. The number of aliphatic hydroxyl groups excluding tert-OH is 1. The van der Waals surface area contributed by atoms with E-state index >= 15 is 0 Å². The van der Waals surface area contributed by atoms with E-state index in [0.717, 1.165) is 12.1 Å². The first-order valence-electron chi connectivity index (χ1n) is 6.12. The topological polar surface area (TPSA) is 32.3 Å². The van der Waals surface area contributed by atoms with Crippen LogP contribution in [0.5, 0.6) is 0 Å². The van der Waals surface area contributed by atoms with Gasteiger partial charge in [0.25, 0.3) is 0 Å². The predicted octanol–water partition coefficient (Wildman–Crippen LogP) is 3.55. The molecule has 2 unspecified atom stereocenters. The van der Waals surface area contributed by atoms with Gasteiger partial charge in [0.05, 0.1) is 17.2 Å². The van der Waals surface area contributed by atoms with Gasteiger partial charge >= 0.3 is 0 Å². The Labute approximate surface area is 115 Å². The third kappa shape index (κ3) is 2.31. The Kier molecular flexibility index (Phi) is 3.17. The maximum Gasteiger partial charge on any atom is 0.141 e. The van der Waals surface area contributed by atoms with Gasteiger partial charge in [-0.3, -0.25) is 0 Å². The number of aliphatic hydroxyl groups is 1. The van der Waals surface area contributed by atoms with Gasteiger partial charge in [0, 0.05) is 5.69 Å². The van der Waals surface area contributed by atoms with Crippen molar-refractivity contribution in [3.8, 4) is 0 Å². The Morgan fingerprint density at radius 1 is 1.26 bits per heavy atom. The van der Waals surface area contributed by atoms with E-state index in [2.05, 4.69) is 5.32 Å². The molecule has 0 saturated heterocycles. The lowest BCUT2D eigenvalue weighted by atomic mass is 9.99. The molecule has 0 saturated carbocycles. The standard InChI is InChI=1S/C15H13ClFNO/c16-11-7-10(5-6-12(11)17)15(19)14-8-9-3-1-2-4-13(9)18-14/h1-7,14-15,18-19H,8H2. The number of halogens is 2. The minimum atomic E-state index is -0.717. The molecule has 4 heteroatoms. The normalized spacial score (nSPS) is 18.8. The fourth-order valence-electron chi connectivity index (χ4n) is 2.45. The Balaban J connectivity index is 1.82. The van der Waals surface area contributed by atoms with E-state index in [9.17, 15) is 9.50 Å². The van der Waals surface area contributed by atoms with Crippen LogP contribution in [-0.2, 0) is 6.42 Å². The van der Waals surface area contributed by atoms with E-state index < -0.39 is 11.9 Å². The molecule has 2 aromatic rings. The van der Waals surface area contributed by atoms with E-state index in [1.54, 1.807) is 6.07 Å². The van der Waals surface area contributed by atoms with E-state index in [1.165, 1.54) is 17.7 Å². The Hall–Kier alpha value is -1.58. The van der Waals surface area contributed by atoms with Crippen LogP contribution in [-0.4, -0.2) is 11.1 Å². The summed E-state index contributed by atoms with van der Waals surface area (Å²) in [7, 11) is 0. The van der Waals surface area contributed by atoms with Crippen molar-refractivity contribution in [2.45, 2.75) is 18.6 Å². The maximum atomic E-state index is 13.1. The number of benzene rings is 2. The number of hydrogen-bond donors (Lipinski definition) is 2. The van der Waals surface area contributed by atoms with Crippen molar-refractivity contribution >= 4 is 17.3 Å². The van der Waals surface area contributed by atoms with Gasteiger partial charge in [-0.25, -0.2) is 4.39 Å². The van der Waals surface area contributed by atoms with Crippen LogP contribution in [0.1, 0.15) is 17.2 Å². The number of rotatable bonds is 2. The van der Waals surface area contributed by atoms with Gasteiger partial charge in [0.1, 0.15) is 5.82 Å². The zero-order valence-corrected chi connectivity index (χ0v) is 10.9. The number of anilines is 1. The molecule has 0 bridgehead atoms. The first kappa shape index (κ1) is 12.5. The summed E-state index contributed by atoms with van der Waals surface area (Å²) in [5, 5.41) is 13.7. The number of fused-ring (bicyclic) bond motifs is 1. The Morgan fingerprint density at radius 2 is 2.05 bits per heavy atom. The number of hydrogen-bond acceptors (Lipinski definition) is 2. The molecular formula is C15H13ClFNO. The Bertz CT molecular complexity index is 592. The van der Waals surface area contributed by atoms with Crippen LogP contribution in [0.2, 0.25) is 5.02 Å². The third-order valence-corrected chi connectivity index (χ3v) is 3.75. The van der Waals surface area contributed by atoms with Crippen molar-refractivity contribution in [2.24, 2.45) is 0 Å². The van der Waals surface area contributed by atoms with Crippen molar-refractivity contribution in [1.82, 2.24) is 0 Å². The maximum absolute atomic E-state index is 13.1. The van der Waals surface area contributed by atoms with Crippen LogP contribution in [0, 0.1) is 5.82 Å². The average Bonchev–Trinajstić information content (AvgIpc) is 2.85. The molecule has 1 aliphatic rings. The van der Waals surface area contributed by atoms with Gasteiger partial charge in [-0.05, 0) is 35.7 Å². The molecule has 19 heavy (non-hydrogen) atoms. The van der Waals surface area contributed by atoms with Crippen LogP contribution >= 0.6 is 11.6 Å². The van der Waals surface area contributed by atoms with Crippen LogP contribution < -0.4 is 5.32 Å². The van der Waals surface area contributed by atoms with Gasteiger partial charge < -0.3 is 10.4 Å². The van der Waals surface area contributed by atoms with Crippen LogP contribution in [0.3, 0.4) is 0 Å². The smallest absolute Gasteiger partial charge is 0.141 e. The van der Waals surface area contributed by atoms with Crippen molar-refractivity contribution in [1.29, 1.82) is 0 Å². The molecule has 2 N–H and O–H groups in total. The minimum absolute atomic E-state index is 0.0343. The highest BCUT2D eigenvalue weighted by Gasteiger charge is 2.27. The molecule has 0 amide bonds. The second kappa shape index (κ2) is 4.83. The SMILES string of the molecule is OC(c1ccc(F)c(Cl)c1)C1Cc2ccccc2N1. The molecule has 1 heterocycles. The lowest BCUT2D eigenvalue weighted by Crippen LogP contribution is -2.24. The van der Waals surface area contributed by atoms with E-state index in [0.29, 0.717) is 5.56 Å². The molecule has 2 nitrogen and oxygen atoms in total. The molecule has 0 radical (unpaired) electrons. The lowest BCUT2D eigenvalue weighted by molar-refractivity contribution is 0.156. The second-order valence-corrected chi connectivity index (χ2v) is 5.14. The average molecular weight is 278 g/mol. The fraction of sp³-hybridized carbons (Fsp3) is 0.200. The predicted molar refractivity (Wildman–Crippen MR) is 73.9 cm³/mol. The van der Waals surface area contributed by atoms with Crippen LogP contribution in [0.25, 0.3) is 0 Å².